The molecule has 0 spiro atoms. The second-order valence-electron chi connectivity index (χ2n) is 4.51. The van der Waals surface area contributed by atoms with Gasteiger partial charge >= 0.3 is 0 Å². The van der Waals surface area contributed by atoms with Gasteiger partial charge < -0.3 is 4.98 Å². The van der Waals surface area contributed by atoms with E-state index in [0.717, 1.165) is 27.7 Å². The Balaban J connectivity index is 2.26. The third-order valence-electron chi connectivity index (χ3n) is 3.26. The van der Waals surface area contributed by atoms with Crippen LogP contribution in [0.15, 0.2) is 42.5 Å². The Bertz CT molecular complexity index is 811. The van der Waals surface area contributed by atoms with Crippen LogP contribution in [0, 0.1) is 11.3 Å². The molecule has 0 aliphatic rings. The maximum Gasteiger partial charge on any atom is 0.0670 e. The van der Waals surface area contributed by atoms with Crippen molar-refractivity contribution in [2.75, 3.05) is 0 Å². The zero-order valence-corrected chi connectivity index (χ0v) is 12.0. The zero-order chi connectivity index (χ0) is 14.1. The minimum atomic E-state index is 0.332. The van der Waals surface area contributed by atoms with Gasteiger partial charge in [-0.25, -0.2) is 0 Å². The van der Waals surface area contributed by atoms with Gasteiger partial charge in [-0.15, -0.1) is 0 Å². The number of nitrogens with one attached hydrogen (secondary N) is 1. The molecule has 0 saturated heterocycles. The Morgan fingerprint density at radius 2 is 1.70 bits per heavy atom. The molecule has 0 amide bonds. The van der Waals surface area contributed by atoms with Crippen molar-refractivity contribution in [3.8, 4) is 17.3 Å². The summed E-state index contributed by atoms with van der Waals surface area (Å²) in [6, 6.07) is 15.4. The van der Waals surface area contributed by atoms with E-state index in [-0.39, 0.29) is 0 Å². The quantitative estimate of drug-likeness (QED) is 0.693. The van der Waals surface area contributed by atoms with E-state index in [1.54, 1.807) is 0 Å². The maximum atomic E-state index is 9.06. The molecule has 1 N–H and O–H groups in total. The molecule has 3 rings (SSSR count). The molecule has 0 unspecified atom stereocenters. The SMILES string of the molecule is N#CCc1c(-c2ccc(Cl)cc2)[nH]c2ccc(Cl)cc12. The number of rotatable bonds is 2. The topological polar surface area (TPSA) is 39.6 Å². The molecule has 0 saturated carbocycles. The Morgan fingerprint density at radius 3 is 2.40 bits per heavy atom. The number of nitriles is 1. The number of aromatic nitrogens is 1. The smallest absolute Gasteiger partial charge is 0.0670 e. The van der Waals surface area contributed by atoms with Crippen molar-refractivity contribution in [1.29, 1.82) is 5.26 Å². The molecule has 1 aromatic heterocycles. The lowest BCUT2D eigenvalue weighted by molar-refractivity contribution is 1.28. The summed E-state index contributed by atoms with van der Waals surface area (Å²) >= 11 is 12.0. The monoisotopic (exact) mass is 300 g/mol. The number of hydrogen-bond acceptors (Lipinski definition) is 1. The number of H-pyrrole nitrogens is 1. The molecule has 0 bridgehead atoms. The molecular weight excluding hydrogens is 291 g/mol. The van der Waals surface area contributed by atoms with Gasteiger partial charge in [-0.3, -0.25) is 0 Å². The van der Waals surface area contributed by atoms with Crippen LogP contribution in [-0.2, 0) is 6.42 Å². The molecule has 0 radical (unpaired) electrons. The van der Waals surface area contributed by atoms with Gasteiger partial charge in [0.2, 0.25) is 0 Å². The van der Waals surface area contributed by atoms with Gasteiger partial charge in [-0.05, 0) is 41.5 Å². The second kappa shape index (κ2) is 5.20. The maximum absolute atomic E-state index is 9.06. The molecule has 0 fully saturated rings. The average molecular weight is 301 g/mol. The summed E-state index contributed by atoms with van der Waals surface area (Å²) in [5, 5.41) is 11.4. The highest BCUT2D eigenvalue weighted by atomic mass is 35.5. The van der Waals surface area contributed by atoms with E-state index in [9.17, 15) is 0 Å². The predicted octanol–water partition coefficient (Wildman–Crippen LogP) is 5.21. The summed E-state index contributed by atoms with van der Waals surface area (Å²) in [6.45, 7) is 0. The van der Waals surface area contributed by atoms with Crippen LogP contribution in [0.3, 0.4) is 0 Å². The fourth-order valence-corrected chi connectivity index (χ4v) is 2.64. The van der Waals surface area contributed by atoms with Crippen LogP contribution in [-0.4, -0.2) is 4.98 Å². The van der Waals surface area contributed by atoms with Crippen LogP contribution < -0.4 is 0 Å². The largest absolute Gasteiger partial charge is 0.354 e. The van der Waals surface area contributed by atoms with Crippen molar-refractivity contribution >= 4 is 34.1 Å². The van der Waals surface area contributed by atoms with Crippen molar-refractivity contribution < 1.29 is 0 Å². The number of nitrogens with zero attached hydrogens (tertiary/aromatic N) is 1. The van der Waals surface area contributed by atoms with Crippen molar-refractivity contribution in [3.05, 3.63) is 58.1 Å². The minimum Gasteiger partial charge on any atom is -0.354 e. The molecule has 0 aliphatic heterocycles. The fourth-order valence-electron chi connectivity index (χ4n) is 2.35. The Kier molecular flexibility index (Phi) is 3.40. The highest BCUT2D eigenvalue weighted by Gasteiger charge is 2.13. The Hall–Kier alpha value is -1.95. The molecule has 4 heteroatoms. The van der Waals surface area contributed by atoms with E-state index < -0.39 is 0 Å². The Labute approximate surface area is 126 Å². The second-order valence-corrected chi connectivity index (χ2v) is 5.38. The third-order valence-corrected chi connectivity index (χ3v) is 3.74. The highest BCUT2D eigenvalue weighted by Crippen LogP contribution is 2.32. The van der Waals surface area contributed by atoms with Gasteiger partial charge in [0, 0.05) is 20.9 Å². The van der Waals surface area contributed by atoms with E-state index in [0.29, 0.717) is 16.5 Å². The highest BCUT2D eigenvalue weighted by molar-refractivity contribution is 6.31. The fraction of sp³-hybridized carbons (Fsp3) is 0.0625. The molecule has 0 aliphatic carbocycles. The first-order valence-corrected chi connectivity index (χ1v) is 6.87. The van der Waals surface area contributed by atoms with E-state index >= 15 is 0 Å². The summed E-state index contributed by atoms with van der Waals surface area (Å²) in [4.78, 5) is 3.36. The minimum absolute atomic E-state index is 0.332. The lowest BCUT2D eigenvalue weighted by Crippen LogP contribution is -1.85. The number of fused-ring (bicyclic) bond motifs is 1. The first-order valence-electron chi connectivity index (χ1n) is 6.12. The predicted molar refractivity (Wildman–Crippen MR) is 83.1 cm³/mol. The van der Waals surface area contributed by atoms with Crippen LogP contribution in [0.2, 0.25) is 10.0 Å². The number of benzene rings is 2. The molecule has 98 valence electrons. The standard InChI is InChI=1S/C16H10Cl2N2/c17-11-3-1-10(2-4-11)16-13(7-8-19)14-9-12(18)5-6-15(14)20-16/h1-6,9,20H,7H2. The van der Waals surface area contributed by atoms with Crippen LogP contribution >= 0.6 is 23.2 Å². The van der Waals surface area contributed by atoms with Gasteiger partial charge in [0.05, 0.1) is 18.2 Å². The first-order chi connectivity index (χ1) is 9.69. The van der Waals surface area contributed by atoms with Crippen LogP contribution in [0.4, 0.5) is 0 Å². The summed E-state index contributed by atoms with van der Waals surface area (Å²) in [5.74, 6) is 0. The van der Waals surface area contributed by atoms with Gasteiger partial charge in [-0.2, -0.15) is 5.26 Å². The van der Waals surface area contributed by atoms with Gasteiger partial charge in [-0.1, -0.05) is 35.3 Å². The molecule has 1 heterocycles. The van der Waals surface area contributed by atoms with E-state index in [1.165, 1.54) is 0 Å². The Morgan fingerprint density at radius 1 is 1.00 bits per heavy atom. The van der Waals surface area contributed by atoms with Crippen molar-refractivity contribution in [3.63, 3.8) is 0 Å². The van der Waals surface area contributed by atoms with Crippen molar-refractivity contribution in [1.82, 2.24) is 4.98 Å². The molecular formula is C16H10Cl2N2. The molecule has 3 aromatic rings. The van der Waals surface area contributed by atoms with Gasteiger partial charge in [0.15, 0.2) is 0 Å². The molecule has 2 aromatic carbocycles. The van der Waals surface area contributed by atoms with E-state index in [4.69, 9.17) is 28.5 Å². The van der Waals surface area contributed by atoms with Crippen LogP contribution in [0.5, 0.6) is 0 Å². The number of hydrogen-bond donors (Lipinski definition) is 1. The third kappa shape index (κ3) is 2.27. The molecule has 2 nitrogen and oxygen atoms in total. The zero-order valence-electron chi connectivity index (χ0n) is 10.5. The van der Waals surface area contributed by atoms with Crippen LogP contribution in [0.1, 0.15) is 5.56 Å². The van der Waals surface area contributed by atoms with E-state index in [2.05, 4.69) is 11.1 Å². The normalized spacial score (nSPS) is 10.7. The van der Waals surface area contributed by atoms with Crippen molar-refractivity contribution in [2.45, 2.75) is 6.42 Å². The summed E-state index contributed by atoms with van der Waals surface area (Å²) in [5.41, 5.74) is 3.89. The summed E-state index contributed by atoms with van der Waals surface area (Å²) in [6.07, 6.45) is 0.332. The van der Waals surface area contributed by atoms with Gasteiger partial charge in [0.1, 0.15) is 0 Å². The molecule has 0 atom stereocenters. The lowest BCUT2D eigenvalue weighted by atomic mass is 10.0. The van der Waals surface area contributed by atoms with Gasteiger partial charge in [0.25, 0.3) is 0 Å². The summed E-state index contributed by atoms with van der Waals surface area (Å²) in [7, 11) is 0. The lowest BCUT2D eigenvalue weighted by Gasteiger charge is -2.02. The average Bonchev–Trinajstić information content (AvgIpc) is 2.79. The van der Waals surface area contributed by atoms with E-state index in [1.807, 2.05) is 42.5 Å². The van der Waals surface area contributed by atoms with Crippen molar-refractivity contribution in [2.24, 2.45) is 0 Å². The summed E-state index contributed by atoms with van der Waals surface area (Å²) < 4.78 is 0. The molecule has 20 heavy (non-hydrogen) atoms. The first kappa shape index (κ1) is 13.1. The van der Waals surface area contributed by atoms with Crippen LogP contribution in [0.25, 0.3) is 22.2 Å². The number of halogens is 2. The number of aromatic amines is 1.